The first-order chi connectivity index (χ1) is 12.0. The fourth-order valence-electron chi connectivity index (χ4n) is 3.75. The number of hydrogen-bond acceptors (Lipinski definition) is 4. The van der Waals surface area contributed by atoms with E-state index >= 15 is 0 Å². The molecule has 3 rings (SSSR count). The molecule has 2 aromatic heterocycles. The number of hydrogen-bond donors (Lipinski definition) is 1. The molecule has 2 unspecified atom stereocenters. The van der Waals surface area contributed by atoms with Crippen molar-refractivity contribution in [2.45, 2.75) is 52.6 Å². The molecule has 2 atom stereocenters. The Kier molecular flexibility index (Phi) is 5.37. The Morgan fingerprint density at radius 3 is 2.88 bits per heavy atom. The molecular weight excluding hydrogens is 316 g/mol. The molecule has 1 saturated carbocycles. The second-order valence-electron chi connectivity index (χ2n) is 7.15. The van der Waals surface area contributed by atoms with E-state index in [9.17, 15) is 4.79 Å². The van der Waals surface area contributed by atoms with Crippen LogP contribution in [-0.4, -0.2) is 39.9 Å². The normalized spacial score (nSPS) is 20.8. The number of pyridine rings is 1. The number of rotatable bonds is 5. The molecule has 6 heteroatoms. The summed E-state index contributed by atoms with van der Waals surface area (Å²) in [6.07, 6.45) is 5.26. The lowest BCUT2D eigenvalue weighted by molar-refractivity contribution is -0.00293. The summed E-state index contributed by atoms with van der Waals surface area (Å²) in [6.45, 7) is 7.13. The standard InChI is InChI=1S/C19H28N4O2/c1-12-7-5-6-8-16(12)25-10-9-20-19(24)15-11-13(2)21-18-17(15)14(3)22-23(18)4/h11-12,16H,5-10H2,1-4H3,(H,20,24). The van der Waals surface area contributed by atoms with E-state index in [1.54, 1.807) is 4.68 Å². The fraction of sp³-hybridized carbons (Fsp3) is 0.632. The van der Waals surface area contributed by atoms with Gasteiger partial charge in [0.1, 0.15) is 0 Å². The van der Waals surface area contributed by atoms with Crippen LogP contribution in [0, 0.1) is 19.8 Å². The van der Waals surface area contributed by atoms with Crippen molar-refractivity contribution in [3.05, 3.63) is 23.0 Å². The molecule has 0 aromatic carbocycles. The SMILES string of the molecule is Cc1cc(C(=O)NCCOC2CCCCC2C)c2c(C)nn(C)c2n1. The molecule has 0 aliphatic heterocycles. The molecule has 0 spiro atoms. The van der Waals surface area contributed by atoms with E-state index in [4.69, 9.17) is 4.74 Å². The fourth-order valence-corrected chi connectivity index (χ4v) is 3.75. The number of ether oxygens (including phenoxy) is 1. The minimum atomic E-state index is -0.0908. The Morgan fingerprint density at radius 1 is 1.36 bits per heavy atom. The Labute approximate surface area is 149 Å². The van der Waals surface area contributed by atoms with Gasteiger partial charge in [-0.15, -0.1) is 0 Å². The third kappa shape index (κ3) is 3.84. The van der Waals surface area contributed by atoms with E-state index in [1.165, 1.54) is 19.3 Å². The van der Waals surface area contributed by atoms with E-state index in [2.05, 4.69) is 22.3 Å². The number of aromatic nitrogens is 3. The van der Waals surface area contributed by atoms with E-state index in [1.807, 2.05) is 27.0 Å². The molecule has 1 fully saturated rings. The summed E-state index contributed by atoms with van der Waals surface area (Å²) < 4.78 is 7.70. The summed E-state index contributed by atoms with van der Waals surface area (Å²) in [5.41, 5.74) is 3.02. The van der Waals surface area contributed by atoms with Crippen LogP contribution < -0.4 is 5.32 Å². The number of amides is 1. The van der Waals surface area contributed by atoms with Crippen molar-refractivity contribution in [1.29, 1.82) is 0 Å². The Hall–Kier alpha value is -1.95. The maximum Gasteiger partial charge on any atom is 0.252 e. The summed E-state index contributed by atoms with van der Waals surface area (Å²) >= 11 is 0. The van der Waals surface area contributed by atoms with Crippen molar-refractivity contribution < 1.29 is 9.53 Å². The maximum atomic E-state index is 12.7. The summed E-state index contributed by atoms with van der Waals surface area (Å²) in [7, 11) is 1.85. The smallest absolute Gasteiger partial charge is 0.252 e. The van der Waals surface area contributed by atoms with E-state index in [0.29, 0.717) is 30.7 Å². The van der Waals surface area contributed by atoms with Crippen molar-refractivity contribution in [2.75, 3.05) is 13.2 Å². The first-order valence-electron chi connectivity index (χ1n) is 9.18. The van der Waals surface area contributed by atoms with Gasteiger partial charge in [-0.05, 0) is 38.7 Å². The molecule has 1 aliphatic carbocycles. The second kappa shape index (κ2) is 7.52. The Morgan fingerprint density at radius 2 is 2.12 bits per heavy atom. The molecule has 1 aliphatic rings. The number of carbonyl (C=O) groups is 1. The summed E-state index contributed by atoms with van der Waals surface area (Å²) in [6, 6.07) is 1.83. The highest BCUT2D eigenvalue weighted by atomic mass is 16.5. The van der Waals surface area contributed by atoms with Gasteiger partial charge in [0.2, 0.25) is 0 Å². The molecule has 0 radical (unpaired) electrons. The van der Waals surface area contributed by atoms with Crippen LogP contribution in [0.2, 0.25) is 0 Å². The third-order valence-electron chi connectivity index (χ3n) is 5.09. The van der Waals surface area contributed by atoms with Crippen molar-refractivity contribution >= 4 is 16.9 Å². The van der Waals surface area contributed by atoms with Gasteiger partial charge >= 0.3 is 0 Å². The quantitative estimate of drug-likeness (QED) is 0.847. The lowest BCUT2D eigenvalue weighted by atomic mass is 9.88. The minimum absolute atomic E-state index is 0.0908. The van der Waals surface area contributed by atoms with Crippen LogP contribution >= 0.6 is 0 Å². The zero-order chi connectivity index (χ0) is 18.0. The van der Waals surface area contributed by atoms with Gasteiger partial charge in [-0.25, -0.2) is 4.98 Å². The van der Waals surface area contributed by atoms with Crippen LogP contribution in [0.5, 0.6) is 0 Å². The molecule has 6 nitrogen and oxygen atoms in total. The number of carbonyl (C=O) groups excluding carboxylic acids is 1. The van der Waals surface area contributed by atoms with Gasteiger partial charge in [0.25, 0.3) is 5.91 Å². The molecule has 1 N–H and O–H groups in total. The molecule has 136 valence electrons. The van der Waals surface area contributed by atoms with E-state index in [-0.39, 0.29) is 5.91 Å². The van der Waals surface area contributed by atoms with E-state index in [0.717, 1.165) is 28.8 Å². The van der Waals surface area contributed by atoms with Crippen molar-refractivity contribution in [3.8, 4) is 0 Å². The number of aryl methyl sites for hydroxylation is 3. The Balaban J connectivity index is 1.63. The number of fused-ring (bicyclic) bond motifs is 1. The van der Waals surface area contributed by atoms with Gasteiger partial charge in [-0.2, -0.15) is 5.10 Å². The number of nitrogens with one attached hydrogen (secondary N) is 1. The Bertz CT molecular complexity index is 768. The van der Waals surface area contributed by atoms with Gasteiger partial charge in [0.15, 0.2) is 5.65 Å². The molecule has 2 heterocycles. The monoisotopic (exact) mass is 344 g/mol. The molecule has 1 amide bonds. The van der Waals surface area contributed by atoms with E-state index < -0.39 is 0 Å². The molecule has 0 bridgehead atoms. The van der Waals surface area contributed by atoms with Gasteiger partial charge in [-0.3, -0.25) is 9.48 Å². The average Bonchev–Trinajstić information content (AvgIpc) is 2.86. The van der Waals surface area contributed by atoms with Crippen LogP contribution in [0.15, 0.2) is 6.07 Å². The predicted molar refractivity (Wildman–Crippen MR) is 97.7 cm³/mol. The lowest BCUT2D eigenvalue weighted by Gasteiger charge is -2.28. The molecular formula is C19H28N4O2. The van der Waals surface area contributed by atoms with Crippen LogP contribution in [0.4, 0.5) is 0 Å². The lowest BCUT2D eigenvalue weighted by Crippen LogP contribution is -2.32. The van der Waals surface area contributed by atoms with Gasteiger partial charge in [0, 0.05) is 19.3 Å². The third-order valence-corrected chi connectivity index (χ3v) is 5.09. The number of nitrogens with zero attached hydrogens (tertiary/aromatic N) is 3. The second-order valence-corrected chi connectivity index (χ2v) is 7.15. The summed E-state index contributed by atoms with van der Waals surface area (Å²) in [4.78, 5) is 17.2. The van der Waals surface area contributed by atoms with Crippen molar-refractivity contribution in [3.63, 3.8) is 0 Å². The highest BCUT2D eigenvalue weighted by molar-refractivity contribution is 6.06. The van der Waals surface area contributed by atoms with Gasteiger partial charge in [-0.1, -0.05) is 19.8 Å². The predicted octanol–water partition coefficient (Wildman–Crippen LogP) is 2.91. The van der Waals surface area contributed by atoms with Gasteiger partial charge < -0.3 is 10.1 Å². The van der Waals surface area contributed by atoms with Crippen LogP contribution in [0.25, 0.3) is 11.0 Å². The maximum absolute atomic E-state index is 12.7. The molecule has 2 aromatic rings. The van der Waals surface area contributed by atoms with Crippen molar-refractivity contribution in [2.24, 2.45) is 13.0 Å². The zero-order valence-corrected chi connectivity index (χ0v) is 15.6. The average molecular weight is 344 g/mol. The van der Waals surface area contributed by atoms with Crippen molar-refractivity contribution in [1.82, 2.24) is 20.1 Å². The highest BCUT2D eigenvalue weighted by Crippen LogP contribution is 2.26. The minimum Gasteiger partial charge on any atom is -0.376 e. The topological polar surface area (TPSA) is 69.0 Å². The van der Waals surface area contributed by atoms with Gasteiger partial charge in [0.05, 0.1) is 29.4 Å². The first kappa shape index (κ1) is 17.9. The summed E-state index contributed by atoms with van der Waals surface area (Å²) in [5.74, 6) is 0.525. The van der Waals surface area contributed by atoms with Crippen LogP contribution in [0.1, 0.15) is 54.4 Å². The largest absolute Gasteiger partial charge is 0.376 e. The highest BCUT2D eigenvalue weighted by Gasteiger charge is 2.22. The molecule has 25 heavy (non-hydrogen) atoms. The zero-order valence-electron chi connectivity index (χ0n) is 15.6. The van der Waals surface area contributed by atoms with Crippen LogP contribution in [-0.2, 0) is 11.8 Å². The first-order valence-corrected chi connectivity index (χ1v) is 9.18. The summed E-state index contributed by atoms with van der Waals surface area (Å²) in [5, 5.41) is 8.20. The van der Waals surface area contributed by atoms with Crippen LogP contribution in [0.3, 0.4) is 0 Å². The molecule has 0 saturated heterocycles.